The summed E-state index contributed by atoms with van der Waals surface area (Å²) in [7, 11) is 0. The third kappa shape index (κ3) is 1.66. The molecule has 0 spiro atoms. The second-order valence-corrected chi connectivity index (χ2v) is 3.84. The Hall–Kier alpha value is -0.260. The standard InChI is InChI=1S/C6H6BrNO2S/c1-6(10,2-9)4-5(7)8-3-11-4/h2-3,10H,1H3. The third-order valence-electron chi connectivity index (χ3n) is 1.21. The predicted octanol–water partition coefficient (Wildman–Crippen LogP) is 1.31. The predicted molar refractivity (Wildman–Crippen MR) is 45.4 cm³/mol. The van der Waals surface area contributed by atoms with Gasteiger partial charge in [-0.15, -0.1) is 11.3 Å². The number of aromatic nitrogens is 1. The first-order valence-corrected chi connectivity index (χ1v) is 4.53. The van der Waals surface area contributed by atoms with Gasteiger partial charge in [-0.2, -0.15) is 0 Å². The molecule has 5 heteroatoms. The third-order valence-corrected chi connectivity index (χ3v) is 3.13. The van der Waals surface area contributed by atoms with Gasteiger partial charge in [0.1, 0.15) is 4.60 Å². The van der Waals surface area contributed by atoms with Crippen LogP contribution < -0.4 is 0 Å². The molecule has 1 atom stereocenters. The fourth-order valence-corrected chi connectivity index (χ4v) is 2.23. The number of aldehydes is 1. The molecule has 1 aromatic heterocycles. The van der Waals surface area contributed by atoms with Gasteiger partial charge in [-0.3, -0.25) is 4.79 Å². The van der Waals surface area contributed by atoms with Gasteiger partial charge < -0.3 is 5.11 Å². The van der Waals surface area contributed by atoms with E-state index in [1.807, 2.05) is 0 Å². The number of carbonyl (C=O) groups excluding carboxylic acids is 1. The van der Waals surface area contributed by atoms with Gasteiger partial charge in [0, 0.05) is 0 Å². The van der Waals surface area contributed by atoms with Crippen LogP contribution in [0.5, 0.6) is 0 Å². The van der Waals surface area contributed by atoms with Crippen molar-refractivity contribution < 1.29 is 9.90 Å². The van der Waals surface area contributed by atoms with Crippen molar-refractivity contribution in [2.24, 2.45) is 0 Å². The average molecular weight is 236 g/mol. The first-order valence-electron chi connectivity index (χ1n) is 2.86. The van der Waals surface area contributed by atoms with Crippen molar-refractivity contribution in [3.05, 3.63) is 15.0 Å². The lowest BCUT2D eigenvalue weighted by atomic mass is 10.1. The Morgan fingerprint density at radius 1 is 1.91 bits per heavy atom. The van der Waals surface area contributed by atoms with Crippen molar-refractivity contribution in [2.45, 2.75) is 12.5 Å². The summed E-state index contributed by atoms with van der Waals surface area (Å²) >= 11 is 4.37. The molecule has 0 aliphatic carbocycles. The van der Waals surface area contributed by atoms with Crippen molar-refractivity contribution >= 4 is 33.6 Å². The fraction of sp³-hybridized carbons (Fsp3) is 0.333. The molecule has 11 heavy (non-hydrogen) atoms. The molecule has 3 nitrogen and oxygen atoms in total. The maximum Gasteiger partial charge on any atom is 0.156 e. The van der Waals surface area contributed by atoms with Crippen LogP contribution in [0.25, 0.3) is 0 Å². The summed E-state index contributed by atoms with van der Waals surface area (Å²) in [6.07, 6.45) is 0.491. The Balaban J connectivity index is 3.10. The van der Waals surface area contributed by atoms with E-state index in [4.69, 9.17) is 0 Å². The van der Waals surface area contributed by atoms with Gasteiger partial charge in [-0.25, -0.2) is 4.98 Å². The minimum atomic E-state index is -1.42. The highest BCUT2D eigenvalue weighted by Gasteiger charge is 2.26. The first kappa shape index (κ1) is 8.83. The molecule has 1 aromatic rings. The molecule has 1 rings (SSSR count). The topological polar surface area (TPSA) is 50.2 Å². The summed E-state index contributed by atoms with van der Waals surface area (Å²) in [5, 5.41) is 9.44. The number of hydrogen-bond donors (Lipinski definition) is 1. The van der Waals surface area contributed by atoms with Crippen LogP contribution in [0.15, 0.2) is 10.1 Å². The lowest BCUT2D eigenvalue weighted by Gasteiger charge is -2.12. The second-order valence-electron chi connectivity index (χ2n) is 2.24. The number of nitrogens with zero attached hydrogens (tertiary/aromatic N) is 1. The number of rotatable bonds is 2. The Labute approximate surface area is 76.2 Å². The Kier molecular flexibility index (Phi) is 2.41. The minimum Gasteiger partial charge on any atom is -0.377 e. The fourth-order valence-electron chi connectivity index (χ4n) is 0.614. The van der Waals surface area contributed by atoms with Gasteiger partial charge in [-0.05, 0) is 22.9 Å². The molecule has 0 aliphatic rings. The zero-order valence-corrected chi connectivity index (χ0v) is 8.15. The van der Waals surface area contributed by atoms with Crippen LogP contribution >= 0.6 is 27.3 Å². The summed E-state index contributed by atoms with van der Waals surface area (Å²) in [4.78, 5) is 14.8. The van der Waals surface area contributed by atoms with Crippen molar-refractivity contribution in [2.75, 3.05) is 0 Å². The van der Waals surface area contributed by atoms with E-state index in [-0.39, 0.29) is 0 Å². The van der Waals surface area contributed by atoms with Crippen molar-refractivity contribution in [3.8, 4) is 0 Å². The molecule has 0 aliphatic heterocycles. The summed E-state index contributed by atoms with van der Waals surface area (Å²) < 4.78 is 0.527. The number of halogens is 1. The van der Waals surface area contributed by atoms with E-state index in [2.05, 4.69) is 20.9 Å². The van der Waals surface area contributed by atoms with Crippen LogP contribution in [0, 0.1) is 0 Å². The molecule has 0 saturated carbocycles. The Morgan fingerprint density at radius 2 is 2.55 bits per heavy atom. The normalized spacial score (nSPS) is 15.9. The van der Waals surface area contributed by atoms with Crippen molar-refractivity contribution in [1.82, 2.24) is 4.98 Å². The van der Waals surface area contributed by atoms with Gasteiger partial charge >= 0.3 is 0 Å². The van der Waals surface area contributed by atoms with Crippen LogP contribution in [-0.4, -0.2) is 16.4 Å². The average Bonchev–Trinajstić information content (AvgIpc) is 2.36. The zero-order chi connectivity index (χ0) is 8.48. The van der Waals surface area contributed by atoms with Crippen LogP contribution in [0.3, 0.4) is 0 Å². The van der Waals surface area contributed by atoms with Gasteiger partial charge in [-0.1, -0.05) is 0 Å². The monoisotopic (exact) mass is 235 g/mol. The number of thiazole rings is 1. The van der Waals surface area contributed by atoms with E-state index in [0.717, 1.165) is 0 Å². The number of carbonyl (C=O) groups is 1. The molecule has 0 saturated heterocycles. The molecule has 1 heterocycles. The molecule has 0 fully saturated rings. The van der Waals surface area contributed by atoms with E-state index in [1.165, 1.54) is 18.3 Å². The summed E-state index contributed by atoms with van der Waals surface area (Å²) in [5.41, 5.74) is 0.150. The largest absolute Gasteiger partial charge is 0.377 e. The van der Waals surface area contributed by atoms with Crippen molar-refractivity contribution in [1.29, 1.82) is 0 Å². The van der Waals surface area contributed by atoms with Crippen LogP contribution in [-0.2, 0) is 10.4 Å². The van der Waals surface area contributed by atoms with Gasteiger partial charge in [0.2, 0.25) is 0 Å². The maximum atomic E-state index is 10.4. The van der Waals surface area contributed by atoms with E-state index >= 15 is 0 Å². The highest BCUT2D eigenvalue weighted by atomic mass is 79.9. The highest BCUT2D eigenvalue weighted by Crippen LogP contribution is 2.29. The zero-order valence-electron chi connectivity index (χ0n) is 5.74. The first-order chi connectivity index (χ1) is 5.08. The summed E-state index contributed by atoms with van der Waals surface area (Å²) in [6.45, 7) is 1.43. The lowest BCUT2D eigenvalue weighted by Crippen LogP contribution is -2.21. The van der Waals surface area contributed by atoms with Crippen molar-refractivity contribution in [3.63, 3.8) is 0 Å². The molecular weight excluding hydrogens is 230 g/mol. The number of aliphatic hydroxyl groups is 1. The van der Waals surface area contributed by atoms with Crippen LogP contribution in [0.2, 0.25) is 0 Å². The second kappa shape index (κ2) is 3.00. The van der Waals surface area contributed by atoms with E-state index < -0.39 is 5.60 Å². The molecular formula is C6H6BrNO2S. The quantitative estimate of drug-likeness (QED) is 0.787. The number of hydrogen-bond acceptors (Lipinski definition) is 4. The molecule has 0 amide bonds. The van der Waals surface area contributed by atoms with E-state index in [0.29, 0.717) is 15.8 Å². The summed E-state index contributed by atoms with van der Waals surface area (Å²) in [5.74, 6) is 0. The Bertz CT molecular complexity index is 271. The SMILES string of the molecule is CC(O)(C=O)c1scnc1Br. The van der Waals surface area contributed by atoms with Gasteiger partial charge in [0.15, 0.2) is 11.9 Å². The van der Waals surface area contributed by atoms with Crippen LogP contribution in [0.1, 0.15) is 11.8 Å². The Morgan fingerprint density at radius 3 is 2.91 bits per heavy atom. The highest BCUT2D eigenvalue weighted by molar-refractivity contribution is 9.10. The molecule has 0 bridgehead atoms. The molecule has 60 valence electrons. The molecule has 1 unspecified atom stereocenters. The molecule has 0 aromatic carbocycles. The van der Waals surface area contributed by atoms with E-state index in [1.54, 1.807) is 5.51 Å². The smallest absolute Gasteiger partial charge is 0.156 e. The van der Waals surface area contributed by atoms with Crippen LogP contribution in [0.4, 0.5) is 0 Å². The lowest BCUT2D eigenvalue weighted by molar-refractivity contribution is -0.122. The van der Waals surface area contributed by atoms with Gasteiger partial charge in [0.25, 0.3) is 0 Å². The molecule has 1 N–H and O–H groups in total. The van der Waals surface area contributed by atoms with E-state index in [9.17, 15) is 9.90 Å². The summed E-state index contributed by atoms with van der Waals surface area (Å²) in [6, 6.07) is 0. The minimum absolute atomic E-state index is 0.491. The molecule has 0 radical (unpaired) electrons. The maximum absolute atomic E-state index is 10.4. The van der Waals surface area contributed by atoms with Gasteiger partial charge in [0.05, 0.1) is 10.4 Å².